The van der Waals surface area contributed by atoms with Crippen LogP contribution in [0.3, 0.4) is 0 Å². The summed E-state index contributed by atoms with van der Waals surface area (Å²) in [5.41, 5.74) is -0.680. The minimum atomic E-state index is -0.922. The van der Waals surface area contributed by atoms with Crippen molar-refractivity contribution in [1.82, 2.24) is 10.2 Å². The highest BCUT2D eigenvalue weighted by molar-refractivity contribution is 5.76. The van der Waals surface area contributed by atoms with E-state index in [1.54, 1.807) is 34.7 Å². The molecule has 18 heavy (non-hydrogen) atoms. The number of nitrogens with zero attached hydrogens (tertiary/aromatic N) is 1. The van der Waals surface area contributed by atoms with Gasteiger partial charge in [0.2, 0.25) is 0 Å². The van der Waals surface area contributed by atoms with Crippen LogP contribution in [-0.2, 0) is 4.79 Å². The zero-order chi connectivity index (χ0) is 14.5. The predicted octanol–water partition coefficient (Wildman–Crippen LogP) is 0.755. The molecule has 2 amide bonds. The summed E-state index contributed by atoms with van der Waals surface area (Å²) in [6.45, 7) is 6.97. The van der Waals surface area contributed by atoms with Crippen molar-refractivity contribution in [2.75, 3.05) is 20.2 Å². The number of rotatable bonds is 6. The van der Waals surface area contributed by atoms with Crippen molar-refractivity contribution < 1.29 is 19.8 Å². The van der Waals surface area contributed by atoms with E-state index in [4.69, 9.17) is 10.2 Å². The molecule has 0 radical (unpaired) electrons. The number of aliphatic hydroxyl groups excluding tert-OH is 1. The Morgan fingerprint density at radius 2 is 1.83 bits per heavy atom. The molecule has 6 nitrogen and oxygen atoms in total. The molecule has 0 aliphatic heterocycles. The number of carboxylic acid groups (broad SMARTS) is 1. The van der Waals surface area contributed by atoms with Crippen LogP contribution < -0.4 is 5.32 Å². The maximum absolute atomic E-state index is 11.8. The number of likely N-dealkylation sites (N-methyl/N-ethyl adjacent to an activating group) is 1. The van der Waals surface area contributed by atoms with Crippen LogP contribution in [0.15, 0.2) is 0 Å². The molecular weight excluding hydrogens is 236 g/mol. The third-order valence-electron chi connectivity index (χ3n) is 3.19. The van der Waals surface area contributed by atoms with Gasteiger partial charge in [0.05, 0.1) is 18.1 Å². The maximum atomic E-state index is 11.8. The highest BCUT2D eigenvalue weighted by Gasteiger charge is 2.28. The Morgan fingerprint density at radius 3 is 2.17 bits per heavy atom. The lowest BCUT2D eigenvalue weighted by atomic mass is 9.96. The summed E-state index contributed by atoms with van der Waals surface area (Å²) in [6, 6.07) is -0.388. The fourth-order valence-corrected chi connectivity index (χ4v) is 1.30. The van der Waals surface area contributed by atoms with Crippen molar-refractivity contribution in [3.8, 4) is 0 Å². The number of aliphatic carboxylic acids is 1. The van der Waals surface area contributed by atoms with E-state index in [2.05, 4.69) is 5.32 Å². The molecule has 0 spiro atoms. The third-order valence-corrected chi connectivity index (χ3v) is 3.19. The van der Waals surface area contributed by atoms with Gasteiger partial charge in [-0.2, -0.15) is 0 Å². The summed E-state index contributed by atoms with van der Waals surface area (Å²) < 4.78 is 0. The highest BCUT2D eigenvalue weighted by atomic mass is 16.4. The summed E-state index contributed by atoms with van der Waals surface area (Å²) in [7, 11) is 1.57. The van der Waals surface area contributed by atoms with E-state index >= 15 is 0 Å². The second kappa shape index (κ2) is 6.58. The first kappa shape index (κ1) is 16.7. The average molecular weight is 260 g/mol. The molecule has 6 heteroatoms. The van der Waals surface area contributed by atoms with Crippen LogP contribution in [0.5, 0.6) is 0 Å². The summed E-state index contributed by atoms with van der Waals surface area (Å²) in [5, 5.41) is 20.7. The van der Waals surface area contributed by atoms with E-state index < -0.39 is 17.4 Å². The predicted molar refractivity (Wildman–Crippen MR) is 68.3 cm³/mol. The zero-order valence-electron chi connectivity index (χ0n) is 11.7. The van der Waals surface area contributed by atoms with Gasteiger partial charge in [0, 0.05) is 13.6 Å². The number of carbonyl (C=O) groups is 2. The molecule has 0 aromatic carbocycles. The number of nitrogens with one attached hydrogen (secondary N) is 1. The van der Waals surface area contributed by atoms with E-state index in [0.717, 1.165) is 0 Å². The second-order valence-electron chi connectivity index (χ2n) is 5.40. The molecule has 1 unspecified atom stereocenters. The van der Waals surface area contributed by atoms with Crippen molar-refractivity contribution >= 4 is 12.0 Å². The van der Waals surface area contributed by atoms with Gasteiger partial charge in [-0.25, -0.2) is 4.79 Å². The maximum Gasteiger partial charge on any atom is 0.317 e. The molecular formula is C12H24N2O4. The van der Waals surface area contributed by atoms with E-state index in [-0.39, 0.29) is 25.1 Å². The quantitative estimate of drug-likeness (QED) is 0.657. The first-order valence-corrected chi connectivity index (χ1v) is 5.98. The molecule has 0 bridgehead atoms. The molecule has 3 N–H and O–H groups in total. The van der Waals surface area contributed by atoms with Crippen molar-refractivity contribution in [3.05, 3.63) is 0 Å². The van der Waals surface area contributed by atoms with E-state index in [1.807, 2.05) is 0 Å². The normalized spacial score (nSPS) is 13.3. The van der Waals surface area contributed by atoms with Gasteiger partial charge in [0.15, 0.2) is 0 Å². The monoisotopic (exact) mass is 260 g/mol. The van der Waals surface area contributed by atoms with Gasteiger partial charge < -0.3 is 20.4 Å². The Hall–Kier alpha value is -1.30. The number of amides is 2. The standard InChI is InChI=1S/C12H24N2O4/c1-8(2)9(10(16)17)6-13-11(18)14(5)12(3,4)7-15/h8-9,15H,6-7H2,1-5H3,(H,13,18)(H,16,17). The Labute approximate surface area is 108 Å². The molecule has 0 aliphatic rings. The Bertz CT molecular complexity index is 302. The van der Waals surface area contributed by atoms with E-state index in [1.165, 1.54) is 4.90 Å². The third kappa shape index (κ3) is 4.52. The summed E-state index contributed by atoms with van der Waals surface area (Å²) >= 11 is 0. The Morgan fingerprint density at radius 1 is 1.33 bits per heavy atom. The van der Waals surface area contributed by atoms with Gasteiger partial charge in [-0.1, -0.05) is 13.8 Å². The number of aliphatic hydroxyl groups is 1. The van der Waals surface area contributed by atoms with Crippen molar-refractivity contribution in [2.24, 2.45) is 11.8 Å². The number of hydrogen-bond donors (Lipinski definition) is 3. The number of carboxylic acids is 1. The Kier molecular flexibility index (Phi) is 6.11. The van der Waals surface area contributed by atoms with Crippen LogP contribution in [0, 0.1) is 11.8 Å². The van der Waals surface area contributed by atoms with Crippen LogP contribution in [0.4, 0.5) is 4.79 Å². The molecule has 0 aliphatic carbocycles. The van der Waals surface area contributed by atoms with Gasteiger partial charge in [-0.05, 0) is 19.8 Å². The van der Waals surface area contributed by atoms with Gasteiger partial charge in [0.25, 0.3) is 0 Å². The lowest BCUT2D eigenvalue weighted by Gasteiger charge is -2.34. The minimum Gasteiger partial charge on any atom is -0.481 e. The van der Waals surface area contributed by atoms with E-state index in [0.29, 0.717) is 0 Å². The second-order valence-corrected chi connectivity index (χ2v) is 5.40. The fourth-order valence-electron chi connectivity index (χ4n) is 1.30. The van der Waals surface area contributed by atoms with Crippen molar-refractivity contribution in [1.29, 1.82) is 0 Å². The summed E-state index contributed by atoms with van der Waals surface area (Å²) in [4.78, 5) is 24.1. The zero-order valence-corrected chi connectivity index (χ0v) is 11.7. The largest absolute Gasteiger partial charge is 0.481 e. The lowest BCUT2D eigenvalue weighted by Crippen LogP contribution is -2.52. The first-order valence-electron chi connectivity index (χ1n) is 5.98. The van der Waals surface area contributed by atoms with Crippen LogP contribution in [0.1, 0.15) is 27.7 Å². The van der Waals surface area contributed by atoms with E-state index in [9.17, 15) is 9.59 Å². The molecule has 106 valence electrons. The van der Waals surface area contributed by atoms with Crippen LogP contribution in [0.25, 0.3) is 0 Å². The lowest BCUT2D eigenvalue weighted by molar-refractivity contribution is -0.142. The topological polar surface area (TPSA) is 89.9 Å². The van der Waals surface area contributed by atoms with Crippen LogP contribution >= 0.6 is 0 Å². The summed E-state index contributed by atoms with van der Waals surface area (Å²) in [5.74, 6) is -1.59. The van der Waals surface area contributed by atoms with Crippen LogP contribution in [0.2, 0.25) is 0 Å². The SMILES string of the molecule is CC(C)C(CNC(=O)N(C)C(C)(C)CO)C(=O)O. The Balaban J connectivity index is 4.46. The molecule has 0 saturated carbocycles. The molecule has 0 aromatic rings. The average Bonchev–Trinajstić information content (AvgIpc) is 2.26. The highest BCUT2D eigenvalue weighted by Crippen LogP contribution is 2.12. The van der Waals surface area contributed by atoms with Gasteiger partial charge in [0.1, 0.15) is 0 Å². The van der Waals surface area contributed by atoms with Gasteiger partial charge in [-0.15, -0.1) is 0 Å². The molecule has 1 atom stereocenters. The fraction of sp³-hybridized carbons (Fsp3) is 0.833. The molecule has 0 rings (SSSR count). The number of carbonyl (C=O) groups excluding carboxylic acids is 1. The van der Waals surface area contributed by atoms with Gasteiger partial charge in [-0.3, -0.25) is 4.79 Å². The number of urea groups is 1. The molecule has 0 fully saturated rings. The molecule has 0 saturated heterocycles. The van der Waals surface area contributed by atoms with Gasteiger partial charge >= 0.3 is 12.0 Å². The van der Waals surface area contributed by atoms with Crippen molar-refractivity contribution in [2.45, 2.75) is 33.2 Å². The molecule has 0 aromatic heterocycles. The van der Waals surface area contributed by atoms with Crippen LogP contribution in [-0.4, -0.2) is 52.9 Å². The smallest absolute Gasteiger partial charge is 0.317 e. The molecule has 0 heterocycles. The summed E-state index contributed by atoms with van der Waals surface area (Å²) in [6.07, 6.45) is 0. The first-order chi connectivity index (χ1) is 8.13. The minimum absolute atomic E-state index is 0.0565. The van der Waals surface area contributed by atoms with Crippen molar-refractivity contribution in [3.63, 3.8) is 0 Å². The number of hydrogen-bond acceptors (Lipinski definition) is 3.